The largest absolute Gasteiger partial charge is 0.348 e. The highest BCUT2D eigenvalue weighted by Gasteiger charge is 2.24. The fraction of sp³-hybridized carbons (Fsp3) is 0.458. The molecule has 0 aromatic carbocycles. The van der Waals surface area contributed by atoms with Gasteiger partial charge in [-0.2, -0.15) is 5.10 Å². The molecular formula is C24H31N7O. The first-order valence-electron chi connectivity index (χ1n) is 11.3. The SMILES string of the molecule is CC(C)c1cc(C(=O)NC2CCN(c3ncc(-c4ccncc4)c(C(C)C)n3)CC2)n[nH]1. The summed E-state index contributed by atoms with van der Waals surface area (Å²) < 4.78 is 0. The van der Waals surface area contributed by atoms with Crippen molar-refractivity contribution in [2.75, 3.05) is 18.0 Å². The van der Waals surface area contributed by atoms with Crippen LogP contribution in [0.3, 0.4) is 0 Å². The third-order valence-corrected chi connectivity index (χ3v) is 5.91. The summed E-state index contributed by atoms with van der Waals surface area (Å²) in [5.41, 5.74) is 4.59. The molecular weight excluding hydrogens is 402 g/mol. The maximum Gasteiger partial charge on any atom is 0.271 e. The Morgan fingerprint density at radius 1 is 1.12 bits per heavy atom. The van der Waals surface area contributed by atoms with Gasteiger partial charge in [0.1, 0.15) is 5.69 Å². The molecule has 0 bridgehead atoms. The second kappa shape index (κ2) is 9.46. The monoisotopic (exact) mass is 433 g/mol. The first kappa shape index (κ1) is 21.9. The number of nitrogens with zero attached hydrogens (tertiary/aromatic N) is 5. The number of aromatic nitrogens is 5. The van der Waals surface area contributed by atoms with E-state index < -0.39 is 0 Å². The van der Waals surface area contributed by atoms with E-state index in [4.69, 9.17) is 4.98 Å². The molecule has 4 heterocycles. The van der Waals surface area contributed by atoms with Crippen LogP contribution in [-0.4, -0.2) is 50.2 Å². The summed E-state index contributed by atoms with van der Waals surface area (Å²) in [5, 5.41) is 10.2. The normalized spacial score (nSPS) is 14.9. The van der Waals surface area contributed by atoms with Gasteiger partial charge in [-0.1, -0.05) is 27.7 Å². The molecule has 8 heteroatoms. The molecule has 0 unspecified atom stereocenters. The highest BCUT2D eigenvalue weighted by Crippen LogP contribution is 2.29. The van der Waals surface area contributed by atoms with Crippen molar-refractivity contribution in [1.29, 1.82) is 0 Å². The predicted octanol–water partition coefficient (Wildman–Crippen LogP) is 3.91. The molecule has 1 aliphatic heterocycles. The Balaban J connectivity index is 1.40. The Hall–Kier alpha value is -3.29. The second-order valence-electron chi connectivity index (χ2n) is 8.96. The van der Waals surface area contributed by atoms with Crippen LogP contribution in [-0.2, 0) is 0 Å². The summed E-state index contributed by atoms with van der Waals surface area (Å²) in [6.45, 7) is 10.0. The van der Waals surface area contributed by atoms with Crippen LogP contribution in [0.4, 0.5) is 5.95 Å². The molecule has 0 radical (unpaired) electrons. The first-order chi connectivity index (χ1) is 15.4. The first-order valence-corrected chi connectivity index (χ1v) is 11.3. The summed E-state index contributed by atoms with van der Waals surface area (Å²) in [7, 11) is 0. The van der Waals surface area contributed by atoms with Crippen molar-refractivity contribution in [2.24, 2.45) is 0 Å². The number of pyridine rings is 1. The number of carbonyl (C=O) groups is 1. The van der Waals surface area contributed by atoms with E-state index in [1.165, 1.54) is 0 Å². The standard InChI is InChI=1S/C24H31N7O/c1-15(2)20-13-21(30-29-20)23(32)27-18-7-11-31(12-8-18)24-26-14-19(22(28-24)16(3)4)17-5-9-25-10-6-17/h5-6,9-10,13-16,18H,7-8,11-12H2,1-4H3,(H,27,32)(H,29,30). The number of anilines is 1. The van der Waals surface area contributed by atoms with Gasteiger partial charge in [0, 0.05) is 49.0 Å². The van der Waals surface area contributed by atoms with E-state index in [0.29, 0.717) is 11.6 Å². The van der Waals surface area contributed by atoms with E-state index in [0.717, 1.165) is 54.4 Å². The molecule has 1 saturated heterocycles. The minimum absolute atomic E-state index is 0.119. The molecule has 1 aliphatic rings. The lowest BCUT2D eigenvalue weighted by molar-refractivity contribution is 0.0926. The third-order valence-electron chi connectivity index (χ3n) is 5.91. The summed E-state index contributed by atoms with van der Waals surface area (Å²) in [5.74, 6) is 1.23. The van der Waals surface area contributed by atoms with Crippen molar-refractivity contribution in [3.8, 4) is 11.1 Å². The van der Waals surface area contributed by atoms with Crippen LogP contribution >= 0.6 is 0 Å². The van der Waals surface area contributed by atoms with Gasteiger partial charge >= 0.3 is 0 Å². The Morgan fingerprint density at radius 2 is 1.84 bits per heavy atom. The molecule has 0 spiro atoms. The number of H-pyrrole nitrogens is 1. The van der Waals surface area contributed by atoms with Gasteiger partial charge in [0.25, 0.3) is 5.91 Å². The fourth-order valence-electron chi connectivity index (χ4n) is 3.96. The average Bonchev–Trinajstić information content (AvgIpc) is 3.31. The van der Waals surface area contributed by atoms with Gasteiger partial charge in [0.15, 0.2) is 0 Å². The number of hydrogen-bond donors (Lipinski definition) is 2. The van der Waals surface area contributed by atoms with Gasteiger partial charge in [0.2, 0.25) is 5.95 Å². The van der Waals surface area contributed by atoms with Gasteiger partial charge in [-0.15, -0.1) is 0 Å². The lowest BCUT2D eigenvalue weighted by Gasteiger charge is -2.32. The highest BCUT2D eigenvalue weighted by atomic mass is 16.2. The number of carbonyl (C=O) groups excluding carboxylic acids is 1. The van der Waals surface area contributed by atoms with Gasteiger partial charge in [-0.25, -0.2) is 9.97 Å². The van der Waals surface area contributed by atoms with E-state index in [-0.39, 0.29) is 17.9 Å². The van der Waals surface area contributed by atoms with Gasteiger partial charge in [0.05, 0.1) is 5.69 Å². The molecule has 0 saturated carbocycles. The number of aromatic amines is 1. The maximum absolute atomic E-state index is 12.6. The van der Waals surface area contributed by atoms with Crippen molar-refractivity contribution in [3.05, 3.63) is 53.9 Å². The van der Waals surface area contributed by atoms with Gasteiger partial charge in [-0.3, -0.25) is 14.9 Å². The van der Waals surface area contributed by atoms with Crippen LogP contribution in [0, 0.1) is 0 Å². The maximum atomic E-state index is 12.6. The zero-order valence-electron chi connectivity index (χ0n) is 19.2. The molecule has 1 amide bonds. The Labute approximate surface area is 188 Å². The minimum atomic E-state index is -0.119. The fourth-order valence-corrected chi connectivity index (χ4v) is 3.96. The number of nitrogens with one attached hydrogen (secondary N) is 2. The molecule has 3 aromatic rings. The molecule has 0 aliphatic carbocycles. The second-order valence-corrected chi connectivity index (χ2v) is 8.96. The van der Waals surface area contributed by atoms with Crippen molar-refractivity contribution in [3.63, 3.8) is 0 Å². The van der Waals surface area contributed by atoms with Crippen LogP contribution in [0.15, 0.2) is 36.8 Å². The minimum Gasteiger partial charge on any atom is -0.348 e. The van der Waals surface area contributed by atoms with Crippen LogP contribution in [0.25, 0.3) is 11.1 Å². The highest BCUT2D eigenvalue weighted by molar-refractivity contribution is 5.92. The van der Waals surface area contributed by atoms with Crippen molar-refractivity contribution in [1.82, 2.24) is 30.5 Å². The molecule has 32 heavy (non-hydrogen) atoms. The van der Waals surface area contributed by atoms with Gasteiger partial charge in [-0.05, 0) is 48.4 Å². The van der Waals surface area contributed by atoms with Crippen molar-refractivity contribution < 1.29 is 4.79 Å². The van der Waals surface area contributed by atoms with Crippen molar-refractivity contribution in [2.45, 2.75) is 58.4 Å². The number of hydrogen-bond acceptors (Lipinski definition) is 6. The molecule has 3 aromatic heterocycles. The summed E-state index contributed by atoms with van der Waals surface area (Å²) in [6.07, 6.45) is 7.20. The summed E-state index contributed by atoms with van der Waals surface area (Å²) >= 11 is 0. The van der Waals surface area contributed by atoms with Crippen molar-refractivity contribution >= 4 is 11.9 Å². The smallest absolute Gasteiger partial charge is 0.271 e. The Kier molecular flexibility index (Phi) is 6.48. The molecule has 1 fully saturated rings. The van der Waals surface area contributed by atoms with Crippen LogP contribution < -0.4 is 10.2 Å². The number of piperidine rings is 1. The molecule has 2 N–H and O–H groups in total. The lowest BCUT2D eigenvalue weighted by Crippen LogP contribution is -2.45. The van der Waals surface area contributed by atoms with Crippen LogP contribution in [0.5, 0.6) is 0 Å². The quantitative estimate of drug-likeness (QED) is 0.611. The molecule has 8 nitrogen and oxygen atoms in total. The summed E-state index contributed by atoms with van der Waals surface area (Å²) in [6, 6.07) is 5.93. The number of amides is 1. The van der Waals surface area contributed by atoms with Crippen LogP contribution in [0.1, 0.15) is 74.2 Å². The van der Waals surface area contributed by atoms with E-state index in [2.05, 4.69) is 58.1 Å². The lowest BCUT2D eigenvalue weighted by atomic mass is 10.00. The predicted molar refractivity (Wildman–Crippen MR) is 125 cm³/mol. The van der Waals surface area contributed by atoms with Crippen LogP contribution in [0.2, 0.25) is 0 Å². The van der Waals surface area contributed by atoms with E-state index in [9.17, 15) is 4.79 Å². The molecule has 4 rings (SSSR count). The van der Waals surface area contributed by atoms with E-state index in [1.54, 1.807) is 12.4 Å². The zero-order chi connectivity index (χ0) is 22.7. The van der Waals surface area contributed by atoms with E-state index >= 15 is 0 Å². The molecule has 0 atom stereocenters. The zero-order valence-corrected chi connectivity index (χ0v) is 19.2. The third kappa shape index (κ3) is 4.79. The number of rotatable bonds is 6. The van der Waals surface area contributed by atoms with E-state index in [1.807, 2.05) is 24.4 Å². The topological polar surface area (TPSA) is 99.7 Å². The Morgan fingerprint density at radius 3 is 2.47 bits per heavy atom. The average molecular weight is 434 g/mol. The molecule has 168 valence electrons. The summed E-state index contributed by atoms with van der Waals surface area (Å²) in [4.78, 5) is 28.5. The van der Waals surface area contributed by atoms with Gasteiger partial charge < -0.3 is 10.2 Å². The Bertz CT molecular complexity index is 1050.